The summed E-state index contributed by atoms with van der Waals surface area (Å²) in [5.41, 5.74) is 2.27. The van der Waals surface area contributed by atoms with E-state index in [0.29, 0.717) is 23.7 Å². The summed E-state index contributed by atoms with van der Waals surface area (Å²) in [6, 6.07) is 14.8. The average Bonchev–Trinajstić information content (AvgIpc) is 3.17. The number of benzene rings is 2. The number of anilines is 2. The highest BCUT2D eigenvalue weighted by Gasteiger charge is 2.27. The van der Waals surface area contributed by atoms with Crippen LogP contribution in [0.15, 0.2) is 65.4 Å². The molecule has 3 aromatic rings. The second-order valence-corrected chi connectivity index (χ2v) is 7.25. The Hall–Kier alpha value is -3.13. The minimum atomic E-state index is -0.277. The fraction of sp³-hybridized carbons (Fsp3) is 0.150. The maximum absolute atomic E-state index is 12.6. The van der Waals surface area contributed by atoms with Gasteiger partial charge in [-0.05, 0) is 42.0 Å². The van der Waals surface area contributed by atoms with E-state index in [1.54, 1.807) is 18.3 Å². The van der Waals surface area contributed by atoms with Crippen molar-refractivity contribution in [1.82, 2.24) is 9.78 Å². The Bertz CT molecular complexity index is 1020. The summed E-state index contributed by atoms with van der Waals surface area (Å²) in [4.78, 5) is 26.3. The SMILES string of the molecule is O=C(CN1C(=O)COc2cc(Br)ccc21)Nc1cccc(Cn2cccn2)c1. The summed E-state index contributed by atoms with van der Waals surface area (Å²) in [6.45, 7) is 0.442. The highest BCUT2D eigenvalue weighted by molar-refractivity contribution is 9.10. The largest absolute Gasteiger partial charge is 0.482 e. The van der Waals surface area contributed by atoms with Gasteiger partial charge in [0.05, 0.1) is 12.2 Å². The van der Waals surface area contributed by atoms with Gasteiger partial charge in [-0.1, -0.05) is 28.1 Å². The predicted octanol–water partition coefficient (Wildman–Crippen LogP) is 3.06. The Morgan fingerprint density at radius 2 is 2.11 bits per heavy atom. The zero-order valence-electron chi connectivity index (χ0n) is 14.8. The van der Waals surface area contributed by atoms with Gasteiger partial charge in [-0.3, -0.25) is 19.2 Å². The van der Waals surface area contributed by atoms with E-state index in [0.717, 1.165) is 10.0 Å². The smallest absolute Gasteiger partial charge is 0.265 e. The van der Waals surface area contributed by atoms with Gasteiger partial charge in [0.25, 0.3) is 5.91 Å². The zero-order chi connectivity index (χ0) is 19.5. The lowest BCUT2D eigenvalue weighted by Gasteiger charge is -2.29. The molecular weight excluding hydrogens is 424 g/mol. The first-order chi connectivity index (χ1) is 13.6. The summed E-state index contributed by atoms with van der Waals surface area (Å²) >= 11 is 3.38. The van der Waals surface area contributed by atoms with Gasteiger partial charge in [0.1, 0.15) is 12.3 Å². The number of aromatic nitrogens is 2. The van der Waals surface area contributed by atoms with E-state index >= 15 is 0 Å². The lowest BCUT2D eigenvalue weighted by Crippen LogP contribution is -2.43. The molecule has 1 aromatic heterocycles. The van der Waals surface area contributed by atoms with Crippen molar-refractivity contribution in [2.24, 2.45) is 0 Å². The first kappa shape index (κ1) is 18.2. The van der Waals surface area contributed by atoms with Gasteiger partial charge < -0.3 is 10.1 Å². The van der Waals surface area contributed by atoms with Crippen LogP contribution < -0.4 is 15.0 Å². The molecule has 28 heavy (non-hydrogen) atoms. The van der Waals surface area contributed by atoms with Gasteiger partial charge in [-0.25, -0.2) is 0 Å². The van der Waals surface area contributed by atoms with Gasteiger partial charge >= 0.3 is 0 Å². The van der Waals surface area contributed by atoms with Gasteiger partial charge in [-0.15, -0.1) is 0 Å². The number of hydrogen-bond acceptors (Lipinski definition) is 4. The standard InChI is InChI=1S/C20H17BrN4O3/c21-15-5-6-17-18(10-15)28-13-20(27)25(17)12-19(26)23-16-4-1-3-14(9-16)11-24-8-2-7-22-24/h1-10H,11-13H2,(H,23,26). The summed E-state index contributed by atoms with van der Waals surface area (Å²) < 4.78 is 8.11. The molecule has 7 nitrogen and oxygen atoms in total. The lowest BCUT2D eigenvalue weighted by atomic mass is 10.2. The first-order valence-electron chi connectivity index (χ1n) is 8.67. The van der Waals surface area contributed by atoms with E-state index in [2.05, 4.69) is 26.3 Å². The van der Waals surface area contributed by atoms with Crippen molar-refractivity contribution < 1.29 is 14.3 Å². The second-order valence-electron chi connectivity index (χ2n) is 6.33. The minimum absolute atomic E-state index is 0.0831. The maximum Gasteiger partial charge on any atom is 0.265 e. The van der Waals surface area contributed by atoms with E-state index in [4.69, 9.17) is 4.74 Å². The molecule has 8 heteroatoms. The van der Waals surface area contributed by atoms with Crippen molar-refractivity contribution in [3.63, 3.8) is 0 Å². The molecule has 4 rings (SSSR count). The Morgan fingerprint density at radius 1 is 1.21 bits per heavy atom. The number of nitrogens with zero attached hydrogens (tertiary/aromatic N) is 3. The third kappa shape index (κ3) is 4.07. The molecule has 0 bridgehead atoms. The van der Waals surface area contributed by atoms with Crippen LogP contribution in [-0.2, 0) is 16.1 Å². The monoisotopic (exact) mass is 440 g/mol. The van der Waals surface area contributed by atoms with Crippen LogP contribution in [0.1, 0.15) is 5.56 Å². The molecule has 2 amide bonds. The lowest BCUT2D eigenvalue weighted by molar-refractivity contribution is -0.123. The number of rotatable bonds is 5. The molecule has 1 N–H and O–H groups in total. The van der Waals surface area contributed by atoms with Crippen LogP contribution in [0.25, 0.3) is 0 Å². The molecule has 0 aliphatic carbocycles. The van der Waals surface area contributed by atoms with Crippen LogP contribution in [0.3, 0.4) is 0 Å². The molecule has 1 aliphatic heterocycles. The number of halogens is 1. The maximum atomic E-state index is 12.6. The Labute approximate surface area is 170 Å². The predicted molar refractivity (Wildman–Crippen MR) is 108 cm³/mol. The number of fused-ring (bicyclic) bond motifs is 1. The number of hydrogen-bond donors (Lipinski definition) is 1. The quantitative estimate of drug-likeness (QED) is 0.661. The van der Waals surface area contributed by atoms with Crippen LogP contribution in [0.2, 0.25) is 0 Å². The third-order valence-corrected chi connectivity index (χ3v) is 4.77. The van der Waals surface area contributed by atoms with Crippen LogP contribution in [0.5, 0.6) is 5.75 Å². The molecule has 2 heterocycles. The van der Waals surface area contributed by atoms with Crippen LogP contribution in [0.4, 0.5) is 11.4 Å². The minimum Gasteiger partial charge on any atom is -0.482 e. The molecule has 0 spiro atoms. The first-order valence-corrected chi connectivity index (χ1v) is 9.47. The highest BCUT2D eigenvalue weighted by atomic mass is 79.9. The van der Waals surface area contributed by atoms with Crippen molar-refractivity contribution in [2.45, 2.75) is 6.54 Å². The van der Waals surface area contributed by atoms with Gasteiger partial charge in [0.15, 0.2) is 6.61 Å². The van der Waals surface area contributed by atoms with Gasteiger partial charge in [0, 0.05) is 22.6 Å². The molecule has 0 fully saturated rings. The van der Waals surface area contributed by atoms with Crippen LogP contribution >= 0.6 is 15.9 Å². The van der Waals surface area contributed by atoms with Crippen LogP contribution in [0, 0.1) is 0 Å². The molecule has 1 aliphatic rings. The van der Waals surface area contributed by atoms with Crippen molar-refractivity contribution >= 4 is 39.1 Å². The molecule has 0 radical (unpaired) electrons. The molecule has 2 aromatic carbocycles. The second kappa shape index (κ2) is 7.85. The number of carbonyl (C=O) groups excluding carboxylic acids is 2. The van der Waals surface area contributed by atoms with Crippen LogP contribution in [-0.4, -0.2) is 34.7 Å². The van der Waals surface area contributed by atoms with Crippen molar-refractivity contribution in [3.8, 4) is 5.75 Å². The fourth-order valence-corrected chi connectivity index (χ4v) is 3.36. The Balaban J connectivity index is 1.46. The van der Waals surface area contributed by atoms with E-state index < -0.39 is 0 Å². The van der Waals surface area contributed by atoms with E-state index in [1.165, 1.54) is 4.90 Å². The van der Waals surface area contributed by atoms with E-state index in [-0.39, 0.29) is 25.0 Å². The number of amides is 2. The number of ether oxygens (including phenoxy) is 1. The van der Waals surface area contributed by atoms with Gasteiger partial charge in [0.2, 0.25) is 5.91 Å². The fourth-order valence-electron chi connectivity index (χ4n) is 3.02. The number of nitrogens with one attached hydrogen (secondary N) is 1. The summed E-state index contributed by atoms with van der Waals surface area (Å²) in [7, 11) is 0. The summed E-state index contributed by atoms with van der Waals surface area (Å²) in [6.07, 6.45) is 3.60. The van der Waals surface area contributed by atoms with Crippen molar-refractivity contribution in [1.29, 1.82) is 0 Å². The van der Waals surface area contributed by atoms with Crippen molar-refractivity contribution in [3.05, 3.63) is 71.0 Å². The van der Waals surface area contributed by atoms with E-state index in [9.17, 15) is 9.59 Å². The summed E-state index contributed by atoms with van der Waals surface area (Å²) in [5.74, 6) is 0.0424. The molecule has 0 unspecified atom stereocenters. The van der Waals surface area contributed by atoms with E-state index in [1.807, 2.05) is 47.3 Å². The molecule has 0 saturated heterocycles. The van der Waals surface area contributed by atoms with Crippen molar-refractivity contribution in [2.75, 3.05) is 23.4 Å². The third-order valence-electron chi connectivity index (χ3n) is 4.28. The number of carbonyl (C=O) groups is 2. The Morgan fingerprint density at radius 3 is 2.93 bits per heavy atom. The zero-order valence-corrected chi connectivity index (χ0v) is 16.4. The molecule has 0 atom stereocenters. The van der Waals surface area contributed by atoms with Gasteiger partial charge in [-0.2, -0.15) is 5.10 Å². The topological polar surface area (TPSA) is 76.5 Å². The molecule has 142 valence electrons. The molecule has 0 saturated carbocycles. The summed E-state index contributed by atoms with van der Waals surface area (Å²) in [5, 5.41) is 7.04. The Kier molecular flexibility index (Phi) is 5.12. The highest BCUT2D eigenvalue weighted by Crippen LogP contribution is 2.34. The average molecular weight is 441 g/mol. The molecular formula is C20H17BrN4O3. The normalized spacial score (nSPS) is 13.0.